The molecule has 3 N–H and O–H groups in total. The number of nitrogens with two attached hydrogens (primary N) is 1. The Kier molecular flexibility index (Phi) is 2.71. The van der Waals surface area contributed by atoms with Crippen molar-refractivity contribution >= 4 is 24.1 Å². The molecule has 0 amide bonds. The van der Waals surface area contributed by atoms with E-state index in [0.717, 1.165) is 0 Å². The number of rotatable bonds is 1. The van der Waals surface area contributed by atoms with Crippen LogP contribution in [-0.2, 0) is 0 Å². The highest BCUT2D eigenvalue weighted by atomic mass is 35.5. The second-order valence-electron chi connectivity index (χ2n) is 2.60. The van der Waals surface area contributed by atoms with Gasteiger partial charge in [0.2, 0.25) is 6.79 Å². The van der Waals surface area contributed by atoms with Gasteiger partial charge in [0, 0.05) is 12.1 Å². The minimum absolute atomic E-state index is 0. The fourth-order valence-electron chi connectivity index (χ4n) is 1.14. The van der Waals surface area contributed by atoms with Gasteiger partial charge in [0.25, 0.3) is 0 Å². The zero-order chi connectivity index (χ0) is 9.42. The summed E-state index contributed by atoms with van der Waals surface area (Å²) in [5.74, 6) is -0.162. The number of nitrogen functional groups attached to an aromatic ring is 1. The molecule has 5 nitrogen and oxygen atoms in total. The van der Waals surface area contributed by atoms with Gasteiger partial charge in [-0.05, 0) is 0 Å². The second-order valence-corrected chi connectivity index (χ2v) is 2.60. The van der Waals surface area contributed by atoms with Crippen LogP contribution < -0.4 is 15.2 Å². The van der Waals surface area contributed by atoms with Gasteiger partial charge in [0.1, 0.15) is 0 Å². The molecule has 6 heteroatoms. The quantitative estimate of drug-likeness (QED) is 0.689. The number of fused-ring (bicyclic) bond motifs is 1. The summed E-state index contributed by atoms with van der Waals surface area (Å²) in [4.78, 5) is 10.6. The first-order chi connectivity index (χ1) is 6.18. The first-order valence-corrected chi connectivity index (χ1v) is 3.61. The van der Waals surface area contributed by atoms with E-state index < -0.39 is 5.97 Å². The molecule has 1 aliphatic heterocycles. The molecule has 1 heterocycles. The van der Waals surface area contributed by atoms with Crippen molar-refractivity contribution in [2.75, 3.05) is 12.5 Å². The smallest absolute Gasteiger partial charge is 0.337 e. The standard InChI is InChI=1S/C8H7NO4.ClH/c9-5-2-7-6(12-3-13-7)1-4(5)8(10)11;/h1-2H,3,9H2,(H,10,11);1H. The topological polar surface area (TPSA) is 81.8 Å². The maximum Gasteiger partial charge on any atom is 0.337 e. The van der Waals surface area contributed by atoms with Crippen LogP contribution in [0.3, 0.4) is 0 Å². The summed E-state index contributed by atoms with van der Waals surface area (Å²) in [6, 6.07) is 2.81. The number of halogens is 1. The van der Waals surface area contributed by atoms with Gasteiger partial charge >= 0.3 is 5.97 Å². The van der Waals surface area contributed by atoms with Gasteiger partial charge in [-0.3, -0.25) is 0 Å². The lowest BCUT2D eigenvalue weighted by molar-refractivity contribution is 0.0697. The van der Waals surface area contributed by atoms with Gasteiger partial charge in [-0.2, -0.15) is 0 Å². The van der Waals surface area contributed by atoms with Crippen molar-refractivity contribution in [1.82, 2.24) is 0 Å². The molecule has 0 spiro atoms. The molecule has 0 unspecified atom stereocenters. The summed E-state index contributed by atoms with van der Waals surface area (Å²) in [5.41, 5.74) is 5.69. The normalized spacial score (nSPS) is 12.0. The van der Waals surface area contributed by atoms with Gasteiger partial charge in [-0.25, -0.2) is 4.79 Å². The van der Waals surface area contributed by atoms with Crippen molar-refractivity contribution in [2.45, 2.75) is 0 Å². The molecular weight excluding hydrogens is 210 g/mol. The maximum atomic E-state index is 10.6. The van der Waals surface area contributed by atoms with Crippen molar-refractivity contribution in [1.29, 1.82) is 0 Å². The van der Waals surface area contributed by atoms with Gasteiger partial charge in [-0.1, -0.05) is 0 Å². The number of hydrogen-bond donors (Lipinski definition) is 2. The monoisotopic (exact) mass is 217 g/mol. The molecule has 1 aromatic rings. The summed E-state index contributed by atoms with van der Waals surface area (Å²) in [7, 11) is 0. The largest absolute Gasteiger partial charge is 0.478 e. The fraction of sp³-hybridized carbons (Fsp3) is 0.125. The van der Waals surface area contributed by atoms with Crippen molar-refractivity contribution in [3.05, 3.63) is 17.7 Å². The van der Waals surface area contributed by atoms with Crippen LogP contribution in [0, 0.1) is 0 Å². The minimum atomic E-state index is -1.07. The Labute approximate surface area is 85.8 Å². The van der Waals surface area contributed by atoms with Crippen LogP contribution in [0.5, 0.6) is 11.5 Å². The predicted molar refractivity (Wildman–Crippen MR) is 51.2 cm³/mol. The van der Waals surface area contributed by atoms with Crippen LogP contribution >= 0.6 is 12.4 Å². The average Bonchev–Trinajstić information content (AvgIpc) is 2.48. The molecular formula is C8H8ClNO4. The van der Waals surface area contributed by atoms with Gasteiger partial charge in [0.05, 0.1) is 11.3 Å². The summed E-state index contributed by atoms with van der Waals surface area (Å²) in [5, 5.41) is 8.72. The van der Waals surface area contributed by atoms with E-state index in [0.29, 0.717) is 11.5 Å². The maximum absolute atomic E-state index is 10.6. The van der Waals surface area contributed by atoms with E-state index in [-0.39, 0.29) is 30.5 Å². The lowest BCUT2D eigenvalue weighted by atomic mass is 10.1. The zero-order valence-electron chi connectivity index (χ0n) is 7.02. The molecule has 0 fully saturated rings. The van der Waals surface area contributed by atoms with Crippen LogP contribution in [0.15, 0.2) is 12.1 Å². The number of carbonyl (C=O) groups is 1. The SMILES string of the molecule is Cl.Nc1cc2c(cc1C(=O)O)OCO2. The summed E-state index contributed by atoms with van der Waals surface area (Å²) in [6.45, 7) is 0.109. The number of aromatic carboxylic acids is 1. The summed E-state index contributed by atoms with van der Waals surface area (Å²) in [6.07, 6.45) is 0. The lowest BCUT2D eigenvalue weighted by Gasteiger charge is -2.01. The second kappa shape index (κ2) is 3.63. The van der Waals surface area contributed by atoms with E-state index in [1.807, 2.05) is 0 Å². The molecule has 0 aliphatic carbocycles. The van der Waals surface area contributed by atoms with Crippen LogP contribution in [0.1, 0.15) is 10.4 Å². The number of anilines is 1. The van der Waals surface area contributed by atoms with Crippen LogP contribution in [0.4, 0.5) is 5.69 Å². The van der Waals surface area contributed by atoms with E-state index in [1.54, 1.807) is 0 Å². The van der Waals surface area contributed by atoms with E-state index in [1.165, 1.54) is 12.1 Å². The Balaban J connectivity index is 0.000000980. The van der Waals surface area contributed by atoms with Crippen LogP contribution in [-0.4, -0.2) is 17.9 Å². The number of carboxylic acid groups (broad SMARTS) is 1. The third kappa shape index (κ3) is 1.54. The lowest BCUT2D eigenvalue weighted by Crippen LogP contribution is -2.01. The highest BCUT2D eigenvalue weighted by molar-refractivity contribution is 5.94. The Morgan fingerprint density at radius 2 is 1.93 bits per heavy atom. The molecule has 0 bridgehead atoms. The highest BCUT2D eigenvalue weighted by Crippen LogP contribution is 2.35. The molecule has 2 rings (SSSR count). The molecule has 14 heavy (non-hydrogen) atoms. The molecule has 0 atom stereocenters. The Morgan fingerprint density at radius 3 is 2.50 bits per heavy atom. The molecule has 1 aromatic carbocycles. The number of hydrogen-bond acceptors (Lipinski definition) is 4. The van der Waals surface area contributed by atoms with Gasteiger partial charge in [-0.15, -0.1) is 12.4 Å². The van der Waals surface area contributed by atoms with Crippen molar-refractivity contribution in [3.8, 4) is 11.5 Å². The number of benzene rings is 1. The number of ether oxygens (including phenoxy) is 2. The molecule has 1 aliphatic rings. The summed E-state index contributed by atoms with van der Waals surface area (Å²) >= 11 is 0. The van der Waals surface area contributed by atoms with Crippen molar-refractivity contribution < 1.29 is 19.4 Å². The van der Waals surface area contributed by atoms with Gasteiger partial charge in [0.15, 0.2) is 11.5 Å². The Morgan fingerprint density at radius 1 is 1.36 bits per heavy atom. The molecule has 76 valence electrons. The molecule has 0 saturated carbocycles. The van der Waals surface area contributed by atoms with Crippen LogP contribution in [0.2, 0.25) is 0 Å². The molecule has 0 aromatic heterocycles. The predicted octanol–water partition coefficient (Wildman–Crippen LogP) is 1.12. The average molecular weight is 218 g/mol. The van der Waals surface area contributed by atoms with E-state index in [2.05, 4.69) is 0 Å². The van der Waals surface area contributed by atoms with Crippen LogP contribution in [0.25, 0.3) is 0 Å². The minimum Gasteiger partial charge on any atom is -0.478 e. The van der Waals surface area contributed by atoms with E-state index >= 15 is 0 Å². The first-order valence-electron chi connectivity index (χ1n) is 3.61. The molecule has 0 saturated heterocycles. The fourth-order valence-corrected chi connectivity index (χ4v) is 1.14. The zero-order valence-corrected chi connectivity index (χ0v) is 7.84. The van der Waals surface area contributed by atoms with Gasteiger partial charge < -0.3 is 20.3 Å². The Hall–Kier alpha value is -1.62. The third-order valence-corrected chi connectivity index (χ3v) is 1.78. The Bertz CT molecular complexity index is 380. The summed E-state index contributed by atoms with van der Waals surface area (Å²) < 4.78 is 10.0. The van der Waals surface area contributed by atoms with Crippen molar-refractivity contribution in [3.63, 3.8) is 0 Å². The first kappa shape index (κ1) is 10.5. The molecule has 0 radical (unpaired) electrons. The van der Waals surface area contributed by atoms with Crippen molar-refractivity contribution in [2.24, 2.45) is 0 Å². The highest BCUT2D eigenvalue weighted by Gasteiger charge is 2.18. The van der Waals surface area contributed by atoms with E-state index in [4.69, 9.17) is 20.3 Å². The third-order valence-electron chi connectivity index (χ3n) is 1.78. The van der Waals surface area contributed by atoms with E-state index in [9.17, 15) is 4.79 Å². The number of carboxylic acids is 1.